The summed E-state index contributed by atoms with van der Waals surface area (Å²) >= 11 is 3.33. The van der Waals surface area contributed by atoms with E-state index < -0.39 is 12.0 Å². The molecule has 1 aromatic carbocycles. The molecule has 0 bridgehead atoms. The molecule has 3 heterocycles. The van der Waals surface area contributed by atoms with Gasteiger partial charge < -0.3 is 20.3 Å². The summed E-state index contributed by atoms with van der Waals surface area (Å²) in [5, 5.41) is 13.6. The summed E-state index contributed by atoms with van der Waals surface area (Å²) in [7, 11) is 0. The van der Waals surface area contributed by atoms with Crippen LogP contribution in [0.15, 0.2) is 41.3 Å². The molecule has 156 valence electrons. The molecule has 1 saturated heterocycles. The van der Waals surface area contributed by atoms with Crippen molar-refractivity contribution in [2.75, 3.05) is 36.4 Å². The van der Waals surface area contributed by atoms with Crippen LogP contribution in [0.25, 0.3) is 10.9 Å². The van der Waals surface area contributed by atoms with Crippen molar-refractivity contribution in [2.24, 2.45) is 0 Å². The zero-order valence-corrected chi connectivity index (χ0v) is 17.9. The number of nitrogens with one attached hydrogen (secondary N) is 2. The number of rotatable bonds is 5. The summed E-state index contributed by atoms with van der Waals surface area (Å²) in [6.45, 7) is 3.88. The molecule has 1 atom stereocenters. The number of amides is 1. The number of nitrogens with zero attached hydrogens (tertiary/aromatic N) is 4. The Bertz CT molecular complexity index is 1080. The number of halogens is 1. The van der Waals surface area contributed by atoms with Crippen LogP contribution in [-0.4, -0.2) is 63.0 Å². The molecule has 0 saturated carbocycles. The van der Waals surface area contributed by atoms with Crippen LogP contribution in [0.1, 0.15) is 18.5 Å². The van der Waals surface area contributed by atoms with Crippen LogP contribution in [0.4, 0.5) is 11.6 Å². The number of benzene rings is 1. The van der Waals surface area contributed by atoms with Crippen LogP contribution in [0.5, 0.6) is 0 Å². The fraction of sp³-hybridized carbons (Fsp3) is 0.300. The molecule has 0 unspecified atom stereocenters. The lowest BCUT2D eigenvalue weighted by atomic mass is 10.0. The molecule has 30 heavy (non-hydrogen) atoms. The molecule has 1 fully saturated rings. The molecule has 1 aliphatic rings. The number of anilines is 2. The maximum atomic E-state index is 12.2. The first-order valence-electron chi connectivity index (χ1n) is 9.50. The van der Waals surface area contributed by atoms with E-state index in [0.29, 0.717) is 43.4 Å². The monoisotopic (exact) mass is 472 g/mol. The molecule has 1 amide bonds. The second kappa shape index (κ2) is 8.41. The number of hydrogen-bond donors (Lipinski definition) is 3. The van der Waals surface area contributed by atoms with Crippen molar-refractivity contribution < 1.29 is 14.7 Å². The number of piperazine rings is 1. The first-order chi connectivity index (χ1) is 14.4. The highest BCUT2D eigenvalue weighted by Gasteiger charge is 2.32. The van der Waals surface area contributed by atoms with E-state index >= 15 is 0 Å². The van der Waals surface area contributed by atoms with E-state index in [4.69, 9.17) is 0 Å². The summed E-state index contributed by atoms with van der Waals surface area (Å²) in [6.07, 6.45) is 5.15. The van der Waals surface area contributed by atoms with Crippen molar-refractivity contribution >= 4 is 50.3 Å². The van der Waals surface area contributed by atoms with Gasteiger partial charge in [-0.05, 0) is 28.1 Å². The summed E-state index contributed by atoms with van der Waals surface area (Å²) in [6, 6.07) is 4.66. The summed E-state index contributed by atoms with van der Waals surface area (Å²) in [4.78, 5) is 39.3. The number of carbonyl (C=O) groups excluding carboxylic acids is 1. The van der Waals surface area contributed by atoms with Gasteiger partial charge in [-0.15, -0.1) is 0 Å². The standard InChI is InChI=1S/C20H21BrN6O3/c1-12(28)25-14-2-3-15-16(11-22-17(15)8-14)18(19(29)30)26-4-6-27(7-5-26)20-23-9-13(21)10-24-20/h2-3,8-11,18,22H,4-7H2,1H3,(H,25,28)(H,29,30)/t18-/m0/s1. The van der Waals surface area contributed by atoms with Gasteiger partial charge in [0.1, 0.15) is 6.04 Å². The Hall–Kier alpha value is -2.98. The molecule has 0 radical (unpaired) electrons. The number of hydrogen-bond acceptors (Lipinski definition) is 6. The van der Waals surface area contributed by atoms with Gasteiger partial charge in [-0.25, -0.2) is 9.97 Å². The maximum Gasteiger partial charge on any atom is 0.325 e. The van der Waals surface area contributed by atoms with Crippen LogP contribution in [0.3, 0.4) is 0 Å². The van der Waals surface area contributed by atoms with E-state index in [9.17, 15) is 14.7 Å². The quantitative estimate of drug-likeness (QED) is 0.522. The maximum absolute atomic E-state index is 12.2. The van der Waals surface area contributed by atoms with Crippen molar-refractivity contribution in [3.05, 3.63) is 46.8 Å². The second-order valence-electron chi connectivity index (χ2n) is 7.15. The molecule has 0 spiro atoms. The van der Waals surface area contributed by atoms with Crippen LogP contribution in [0.2, 0.25) is 0 Å². The third-order valence-corrected chi connectivity index (χ3v) is 5.54. The first-order valence-corrected chi connectivity index (χ1v) is 10.3. The van der Waals surface area contributed by atoms with Gasteiger partial charge in [-0.3, -0.25) is 14.5 Å². The van der Waals surface area contributed by atoms with Crippen molar-refractivity contribution in [3.8, 4) is 0 Å². The molecule has 1 aliphatic heterocycles. The van der Waals surface area contributed by atoms with E-state index in [1.54, 1.807) is 24.7 Å². The second-order valence-corrected chi connectivity index (χ2v) is 8.07. The lowest BCUT2D eigenvalue weighted by Crippen LogP contribution is -2.49. The summed E-state index contributed by atoms with van der Waals surface area (Å²) in [5.41, 5.74) is 2.16. The molecular weight excluding hydrogens is 452 g/mol. The Labute approximate surface area is 181 Å². The number of H-pyrrole nitrogens is 1. The van der Waals surface area contributed by atoms with Crippen LogP contribution < -0.4 is 10.2 Å². The zero-order chi connectivity index (χ0) is 21.3. The lowest BCUT2D eigenvalue weighted by Gasteiger charge is -2.37. The molecule has 3 aromatic rings. The largest absolute Gasteiger partial charge is 0.480 e. The fourth-order valence-corrected chi connectivity index (χ4v) is 4.00. The Kier molecular flexibility index (Phi) is 5.69. The van der Waals surface area contributed by atoms with Crippen molar-refractivity contribution in [3.63, 3.8) is 0 Å². The number of carboxylic acids is 1. The summed E-state index contributed by atoms with van der Waals surface area (Å²) in [5.74, 6) is -0.408. The van der Waals surface area contributed by atoms with Gasteiger partial charge in [0.25, 0.3) is 0 Å². The van der Waals surface area contributed by atoms with Crippen LogP contribution in [-0.2, 0) is 9.59 Å². The smallest absolute Gasteiger partial charge is 0.325 e. The number of fused-ring (bicyclic) bond motifs is 1. The molecule has 3 N–H and O–H groups in total. The predicted octanol–water partition coefficient (Wildman–Crippen LogP) is 2.63. The number of aliphatic carboxylic acids is 1. The zero-order valence-electron chi connectivity index (χ0n) is 16.3. The number of aromatic nitrogens is 3. The average Bonchev–Trinajstić information content (AvgIpc) is 3.11. The van der Waals surface area contributed by atoms with Gasteiger partial charge >= 0.3 is 5.97 Å². The molecule has 10 heteroatoms. The van der Waals surface area contributed by atoms with Crippen LogP contribution >= 0.6 is 15.9 Å². The SMILES string of the molecule is CC(=O)Nc1ccc2c([C@@H](C(=O)O)N3CCN(c4ncc(Br)cn4)CC3)c[nH]c2c1. The van der Waals surface area contributed by atoms with Crippen LogP contribution in [0, 0.1) is 0 Å². The Balaban J connectivity index is 1.54. The van der Waals surface area contributed by atoms with Gasteiger partial charge in [-0.1, -0.05) is 6.07 Å². The van der Waals surface area contributed by atoms with Crippen molar-refractivity contribution in [1.29, 1.82) is 0 Å². The van der Waals surface area contributed by atoms with E-state index in [1.165, 1.54) is 6.92 Å². The minimum absolute atomic E-state index is 0.155. The number of carboxylic acid groups (broad SMARTS) is 1. The molecule has 9 nitrogen and oxygen atoms in total. The Morgan fingerprint density at radius 3 is 2.53 bits per heavy atom. The summed E-state index contributed by atoms with van der Waals surface area (Å²) < 4.78 is 0.817. The first kappa shape index (κ1) is 20.3. The highest BCUT2D eigenvalue weighted by molar-refractivity contribution is 9.10. The average molecular weight is 473 g/mol. The van der Waals surface area contributed by atoms with E-state index in [1.807, 2.05) is 17.0 Å². The Morgan fingerprint density at radius 2 is 1.90 bits per heavy atom. The molecule has 0 aliphatic carbocycles. The van der Waals surface area contributed by atoms with Gasteiger partial charge in [0.15, 0.2) is 0 Å². The minimum atomic E-state index is -0.893. The third-order valence-electron chi connectivity index (χ3n) is 5.13. The molecule has 2 aromatic heterocycles. The molecular formula is C20H21BrN6O3. The number of carbonyl (C=O) groups is 2. The van der Waals surface area contributed by atoms with Gasteiger partial charge in [0.2, 0.25) is 11.9 Å². The van der Waals surface area contributed by atoms with E-state index in [2.05, 4.69) is 41.1 Å². The highest BCUT2D eigenvalue weighted by Crippen LogP contribution is 2.31. The normalized spacial score (nSPS) is 15.9. The lowest BCUT2D eigenvalue weighted by molar-refractivity contribution is -0.143. The topological polar surface area (TPSA) is 114 Å². The number of aromatic amines is 1. The highest BCUT2D eigenvalue weighted by atomic mass is 79.9. The molecule has 4 rings (SSSR count). The predicted molar refractivity (Wildman–Crippen MR) is 116 cm³/mol. The van der Waals surface area contributed by atoms with Gasteiger partial charge in [0.05, 0.1) is 4.47 Å². The third kappa shape index (κ3) is 4.14. The van der Waals surface area contributed by atoms with Gasteiger partial charge in [0, 0.05) is 73.8 Å². The van der Waals surface area contributed by atoms with Gasteiger partial charge in [-0.2, -0.15) is 0 Å². The van der Waals surface area contributed by atoms with E-state index in [-0.39, 0.29) is 5.91 Å². The fourth-order valence-electron chi connectivity index (χ4n) is 3.79. The van der Waals surface area contributed by atoms with E-state index in [0.717, 1.165) is 15.4 Å². The Morgan fingerprint density at radius 1 is 1.20 bits per heavy atom. The van der Waals surface area contributed by atoms with Crippen molar-refractivity contribution in [2.45, 2.75) is 13.0 Å². The minimum Gasteiger partial charge on any atom is -0.480 e. The van der Waals surface area contributed by atoms with Crippen molar-refractivity contribution in [1.82, 2.24) is 19.9 Å².